The Kier molecular flexibility index (Phi) is 5.80. The molecule has 8 heteroatoms. The number of nitrogens with one attached hydrogen (secondary N) is 1. The van der Waals surface area contributed by atoms with Crippen LogP contribution in [0, 0.1) is 5.92 Å². The van der Waals surface area contributed by atoms with E-state index >= 15 is 0 Å². The largest absolute Gasteiger partial charge is 0.454 e. The molecule has 1 amide bonds. The molecule has 1 saturated heterocycles. The van der Waals surface area contributed by atoms with E-state index in [0.29, 0.717) is 24.9 Å². The monoisotopic (exact) mass is 397 g/mol. The first-order chi connectivity index (χ1) is 14.1. The van der Waals surface area contributed by atoms with Crippen molar-refractivity contribution in [2.45, 2.75) is 26.8 Å². The third-order valence-electron chi connectivity index (χ3n) is 5.05. The van der Waals surface area contributed by atoms with Gasteiger partial charge >= 0.3 is 0 Å². The highest BCUT2D eigenvalue weighted by Gasteiger charge is 2.20. The minimum Gasteiger partial charge on any atom is -0.454 e. The summed E-state index contributed by atoms with van der Waals surface area (Å²) in [6.45, 7) is 8.89. The molecule has 0 aliphatic carbocycles. The van der Waals surface area contributed by atoms with Crippen LogP contribution in [-0.2, 0) is 11.3 Å². The number of piperazine rings is 1. The van der Waals surface area contributed by atoms with Crippen molar-refractivity contribution >= 4 is 17.5 Å². The molecule has 1 N–H and O–H groups in total. The van der Waals surface area contributed by atoms with Gasteiger partial charge in [-0.15, -0.1) is 10.2 Å². The Hall–Kier alpha value is -2.87. The fraction of sp³-hybridized carbons (Fsp3) is 0.476. The number of hydrogen-bond acceptors (Lipinski definition) is 7. The van der Waals surface area contributed by atoms with Crippen LogP contribution >= 0.6 is 0 Å². The fourth-order valence-corrected chi connectivity index (χ4v) is 3.56. The van der Waals surface area contributed by atoms with Crippen molar-refractivity contribution in [3.63, 3.8) is 0 Å². The van der Waals surface area contributed by atoms with Crippen molar-refractivity contribution < 1.29 is 14.3 Å². The van der Waals surface area contributed by atoms with E-state index in [9.17, 15) is 4.79 Å². The first kappa shape index (κ1) is 19.4. The van der Waals surface area contributed by atoms with Gasteiger partial charge in [0.2, 0.25) is 12.7 Å². The van der Waals surface area contributed by atoms with Crippen molar-refractivity contribution in [3.8, 4) is 11.5 Å². The van der Waals surface area contributed by atoms with E-state index in [1.54, 1.807) is 0 Å². The molecule has 8 nitrogen and oxygen atoms in total. The van der Waals surface area contributed by atoms with E-state index in [2.05, 4.69) is 37.4 Å². The van der Waals surface area contributed by atoms with Gasteiger partial charge in [0, 0.05) is 39.1 Å². The molecule has 0 unspecified atom stereocenters. The summed E-state index contributed by atoms with van der Waals surface area (Å²) in [5, 5.41) is 11.3. The molecule has 4 rings (SSSR count). The second-order valence-electron chi connectivity index (χ2n) is 7.87. The lowest BCUT2D eigenvalue weighted by Gasteiger charge is -2.35. The van der Waals surface area contributed by atoms with Crippen LogP contribution in [0.4, 0.5) is 11.6 Å². The Labute approximate surface area is 170 Å². The average molecular weight is 397 g/mol. The van der Waals surface area contributed by atoms with E-state index in [-0.39, 0.29) is 5.91 Å². The van der Waals surface area contributed by atoms with Gasteiger partial charge in [-0.2, -0.15) is 0 Å². The highest BCUT2D eigenvalue weighted by atomic mass is 16.7. The number of benzene rings is 1. The van der Waals surface area contributed by atoms with Crippen LogP contribution in [0.15, 0.2) is 30.3 Å². The van der Waals surface area contributed by atoms with Gasteiger partial charge in [-0.3, -0.25) is 9.69 Å². The van der Waals surface area contributed by atoms with Crippen LogP contribution < -0.4 is 19.7 Å². The van der Waals surface area contributed by atoms with E-state index in [4.69, 9.17) is 9.47 Å². The zero-order valence-electron chi connectivity index (χ0n) is 16.9. The minimum atomic E-state index is -0.0285. The lowest BCUT2D eigenvalue weighted by atomic mass is 10.1. The average Bonchev–Trinajstić information content (AvgIpc) is 3.16. The molecule has 2 aliphatic rings. The van der Waals surface area contributed by atoms with Gasteiger partial charge in [-0.25, -0.2) is 0 Å². The Bertz CT molecular complexity index is 848. The van der Waals surface area contributed by atoms with E-state index in [0.717, 1.165) is 50.0 Å². The standard InChI is InChI=1S/C21H27N5O3/c1-15(2)11-21(27)22-19-5-6-20(24-23-19)26-9-7-25(8-10-26)13-16-3-4-17-18(12-16)29-14-28-17/h3-6,12,15H,7-11,13-14H2,1-2H3,(H,22,23,27). The van der Waals surface area contributed by atoms with Gasteiger partial charge in [0.15, 0.2) is 23.1 Å². The van der Waals surface area contributed by atoms with Crippen molar-refractivity contribution in [2.75, 3.05) is 43.2 Å². The highest BCUT2D eigenvalue weighted by Crippen LogP contribution is 2.32. The Morgan fingerprint density at radius 3 is 2.59 bits per heavy atom. The predicted molar refractivity (Wildman–Crippen MR) is 110 cm³/mol. The summed E-state index contributed by atoms with van der Waals surface area (Å²) < 4.78 is 10.8. The molecule has 0 saturated carbocycles. The molecule has 0 spiro atoms. The van der Waals surface area contributed by atoms with Gasteiger partial charge in [0.25, 0.3) is 0 Å². The third kappa shape index (κ3) is 4.95. The maximum absolute atomic E-state index is 11.8. The molecule has 3 heterocycles. The Balaban J connectivity index is 1.27. The van der Waals surface area contributed by atoms with Crippen molar-refractivity contribution in [2.24, 2.45) is 5.92 Å². The first-order valence-electron chi connectivity index (χ1n) is 10.1. The minimum absolute atomic E-state index is 0.0285. The van der Waals surface area contributed by atoms with Crippen LogP contribution in [0.1, 0.15) is 25.8 Å². The summed E-state index contributed by atoms with van der Waals surface area (Å²) >= 11 is 0. The maximum atomic E-state index is 11.8. The number of rotatable bonds is 6. The third-order valence-corrected chi connectivity index (χ3v) is 5.05. The van der Waals surface area contributed by atoms with Gasteiger partial charge in [-0.05, 0) is 35.7 Å². The second kappa shape index (κ2) is 8.65. The normalized spacial score (nSPS) is 16.3. The number of aromatic nitrogens is 2. The van der Waals surface area contributed by atoms with Gasteiger partial charge in [0.05, 0.1) is 0 Å². The molecular weight excluding hydrogens is 370 g/mol. The second-order valence-corrected chi connectivity index (χ2v) is 7.87. The van der Waals surface area contributed by atoms with Gasteiger partial charge in [0.1, 0.15) is 0 Å². The molecule has 2 aliphatic heterocycles. The summed E-state index contributed by atoms with van der Waals surface area (Å²) in [5.74, 6) is 3.28. The van der Waals surface area contributed by atoms with Crippen molar-refractivity contribution in [1.82, 2.24) is 15.1 Å². The van der Waals surface area contributed by atoms with Crippen LogP contribution in [0.2, 0.25) is 0 Å². The van der Waals surface area contributed by atoms with Crippen molar-refractivity contribution in [3.05, 3.63) is 35.9 Å². The lowest BCUT2D eigenvalue weighted by Crippen LogP contribution is -2.46. The van der Waals surface area contributed by atoms with Gasteiger partial charge < -0.3 is 19.7 Å². The summed E-state index contributed by atoms with van der Waals surface area (Å²) in [7, 11) is 0. The highest BCUT2D eigenvalue weighted by molar-refractivity contribution is 5.89. The molecular formula is C21H27N5O3. The summed E-state index contributed by atoms with van der Waals surface area (Å²) in [4.78, 5) is 16.5. The number of amides is 1. The van der Waals surface area contributed by atoms with Gasteiger partial charge in [-0.1, -0.05) is 19.9 Å². The zero-order chi connectivity index (χ0) is 20.2. The number of anilines is 2. The van der Waals surface area contributed by atoms with E-state index in [1.165, 1.54) is 5.56 Å². The lowest BCUT2D eigenvalue weighted by molar-refractivity contribution is -0.116. The van der Waals surface area contributed by atoms with E-state index < -0.39 is 0 Å². The molecule has 1 aromatic heterocycles. The molecule has 0 atom stereocenters. The fourth-order valence-electron chi connectivity index (χ4n) is 3.56. The number of fused-ring (bicyclic) bond motifs is 1. The van der Waals surface area contributed by atoms with Crippen molar-refractivity contribution in [1.29, 1.82) is 0 Å². The predicted octanol–water partition coefficient (Wildman–Crippen LogP) is 2.51. The van der Waals surface area contributed by atoms with Crippen LogP contribution in [0.25, 0.3) is 0 Å². The molecule has 1 aromatic carbocycles. The summed E-state index contributed by atoms with van der Waals surface area (Å²) in [5.41, 5.74) is 1.23. The van der Waals surface area contributed by atoms with Crippen LogP contribution in [-0.4, -0.2) is 54.0 Å². The Morgan fingerprint density at radius 2 is 1.86 bits per heavy atom. The molecule has 154 valence electrons. The molecule has 2 aromatic rings. The smallest absolute Gasteiger partial charge is 0.231 e. The maximum Gasteiger partial charge on any atom is 0.231 e. The van der Waals surface area contributed by atoms with E-state index in [1.807, 2.05) is 32.0 Å². The topological polar surface area (TPSA) is 79.8 Å². The number of ether oxygens (including phenoxy) is 2. The van der Waals surface area contributed by atoms with Crippen LogP contribution in [0.5, 0.6) is 11.5 Å². The number of carbonyl (C=O) groups is 1. The Morgan fingerprint density at radius 1 is 1.07 bits per heavy atom. The quantitative estimate of drug-likeness (QED) is 0.802. The summed E-state index contributed by atoms with van der Waals surface area (Å²) in [6, 6.07) is 9.88. The molecule has 0 bridgehead atoms. The molecule has 1 fully saturated rings. The first-order valence-corrected chi connectivity index (χ1v) is 10.1. The number of hydrogen-bond donors (Lipinski definition) is 1. The number of carbonyl (C=O) groups excluding carboxylic acids is 1. The van der Waals surface area contributed by atoms with Crippen LogP contribution in [0.3, 0.4) is 0 Å². The molecule has 29 heavy (non-hydrogen) atoms. The molecule has 0 radical (unpaired) electrons. The summed E-state index contributed by atoms with van der Waals surface area (Å²) in [6.07, 6.45) is 0.481. The SMILES string of the molecule is CC(C)CC(=O)Nc1ccc(N2CCN(Cc3ccc4c(c3)OCO4)CC2)nn1. The number of nitrogens with zero attached hydrogens (tertiary/aromatic N) is 4. The zero-order valence-corrected chi connectivity index (χ0v) is 16.9.